The van der Waals surface area contributed by atoms with Crippen molar-refractivity contribution >= 4 is 0 Å². The Labute approximate surface area is 79.9 Å². The van der Waals surface area contributed by atoms with Crippen LogP contribution in [0.2, 0.25) is 0 Å². The van der Waals surface area contributed by atoms with E-state index in [0.717, 1.165) is 18.5 Å². The lowest BCUT2D eigenvalue weighted by atomic mass is 10.1. The molecule has 1 N–H and O–H groups in total. The zero-order valence-electron chi connectivity index (χ0n) is 8.33. The molecule has 1 aliphatic rings. The summed E-state index contributed by atoms with van der Waals surface area (Å²) in [5.74, 6) is 0.338. The van der Waals surface area contributed by atoms with Gasteiger partial charge in [-0.25, -0.2) is 0 Å². The topological polar surface area (TPSA) is 23.5 Å². The molecule has 13 heavy (non-hydrogen) atoms. The van der Waals surface area contributed by atoms with Gasteiger partial charge in [0.2, 0.25) is 0 Å². The molecular formula is C11H17NO. The van der Waals surface area contributed by atoms with E-state index in [9.17, 15) is 5.11 Å². The van der Waals surface area contributed by atoms with Crippen LogP contribution in [0.5, 0.6) is 0 Å². The van der Waals surface area contributed by atoms with E-state index in [2.05, 4.69) is 19.1 Å². The van der Waals surface area contributed by atoms with E-state index < -0.39 is 0 Å². The number of likely N-dealkylation sites (N-methyl/N-ethyl adjacent to an activating group) is 1. The van der Waals surface area contributed by atoms with Gasteiger partial charge in [0.05, 0.1) is 0 Å². The molecule has 0 aromatic carbocycles. The lowest BCUT2D eigenvalue weighted by Crippen LogP contribution is -2.17. The van der Waals surface area contributed by atoms with Gasteiger partial charge in [-0.3, -0.25) is 0 Å². The molecule has 0 aromatic heterocycles. The Morgan fingerprint density at radius 2 is 2.38 bits per heavy atom. The molecular weight excluding hydrogens is 162 g/mol. The molecule has 0 spiro atoms. The molecule has 0 saturated carbocycles. The average Bonchev–Trinajstić information content (AvgIpc) is 2.03. The number of aliphatic hydroxyl groups is 1. The van der Waals surface area contributed by atoms with Crippen LogP contribution in [0.15, 0.2) is 35.8 Å². The third-order valence-electron chi connectivity index (χ3n) is 1.91. The minimum atomic E-state index is 0.338. The summed E-state index contributed by atoms with van der Waals surface area (Å²) in [5.41, 5.74) is 1.16. The van der Waals surface area contributed by atoms with E-state index in [1.54, 1.807) is 6.20 Å². The number of hydrogen-bond donors (Lipinski definition) is 1. The van der Waals surface area contributed by atoms with Crippen molar-refractivity contribution in [3.8, 4) is 0 Å². The van der Waals surface area contributed by atoms with Crippen molar-refractivity contribution in [1.82, 2.24) is 4.90 Å². The molecule has 2 nitrogen and oxygen atoms in total. The lowest BCUT2D eigenvalue weighted by Gasteiger charge is -2.19. The monoisotopic (exact) mass is 179 g/mol. The first-order valence-corrected chi connectivity index (χ1v) is 4.70. The van der Waals surface area contributed by atoms with E-state index in [1.807, 2.05) is 18.0 Å². The van der Waals surface area contributed by atoms with Crippen LogP contribution in [0.4, 0.5) is 0 Å². The summed E-state index contributed by atoms with van der Waals surface area (Å²) in [5, 5.41) is 9.32. The Balaban J connectivity index is 2.55. The van der Waals surface area contributed by atoms with Crippen molar-refractivity contribution in [3.63, 3.8) is 0 Å². The van der Waals surface area contributed by atoms with E-state index in [-0.39, 0.29) is 0 Å². The molecule has 0 radical (unpaired) electrons. The SMILES string of the molecule is CCC/C=C/C1=CC(O)=CN(C)C1. The van der Waals surface area contributed by atoms with Crippen molar-refractivity contribution in [2.75, 3.05) is 13.6 Å². The average molecular weight is 179 g/mol. The fraction of sp³-hybridized carbons (Fsp3) is 0.455. The highest BCUT2D eigenvalue weighted by atomic mass is 16.3. The standard InChI is InChI=1S/C11H17NO/c1-3-4-5-6-10-7-11(13)9-12(2)8-10/h5-7,9,13H,3-4,8H2,1-2H3/b6-5+. The van der Waals surface area contributed by atoms with Crippen LogP contribution in [-0.2, 0) is 0 Å². The number of nitrogens with zero attached hydrogens (tertiary/aromatic N) is 1. The quantitative estimate of drug-likeness (QED) is 0.720. The Hall–Kier alpha value is -1.18. The minimum absolute atomic E-state index is 0.338. The van der Waals surface area contributed by atoms with Gasteiger partial charge in [0.15, 0.2) is 0 Å². The van der Waals surface area contributed by atoms with Gasteiger partial charge < -0.3 is 10.0 Å². The van der Waals surface area contributed by atoms with Crippen LogP contribution in [0, 0.1) is 0 Å². The Morgan fingerprint density at radius 1 is 1.62 bits per heavy atom. The van der Waals surface area contributed by atoms with Crippen molar-refractivity contribution in [2.24, 2.45) is 0 Å². The molecule has 2 heteroatoms. The molecule has 0 saturated heterocycles. The summed E-state index contributed by atoms with van der Waals surface area (Å²) in [6, 6.07) is 0. The predicted octanol–water partition coefficient (Wildman–Crippen LogP) is 2.61. The van der Waals surface area contributed by atoms with Gasteiger partial charge in [-0.15, -0.1) is 0 Å². The second-order valence-corrected chi connectivity index (χ2v) is 3.38. The predicted molar refractivity (Wildman–Crippen MR) is 55.5 cm³/mol. The van der Waals surface area contributed by atoms with Crippen LogP contribution in [0.3, 0.4) is 0 Å². The van der Waals surface area contributed by atoms with Crippen LogP contribution in [0.1, 0.15) is 19.8 Å². The summed E-state index contributed by atoms with van der Waals surface area (Å²) in [6.07, 6.45) is 10.1. The van der Waals surface area contributed by atoms with Crippen molar-refractivity contribution in [2.45, 2.75) is 19.8 Å². The van der Waals surface area contributed by atoms with Crippen molar-refractivity contribution in [1.29, 1.82) is 0 Å². The summed E-state index contributed by atoms with van der Waals surface area (Å²) < 4.78 is 0. The van der Waals surface area contributed by atoms with Gasteiger partial charge in [-0.05, 0) is 18.1 Å². The van der Waals surface area contributed by atoms with Gasteiger partial charge in [0, 0.05) is 19.8 Å². The summed E-state index contributed by atoms with van der Waals surface area (Å²) in [7, 11) is 1.96. The maximum absolute atomic E-state index is 9.32. The van der Waals surface area contributed by atoms with Gasteiger partial charge >= 0.3 is 0 Å². The first kappa shape index (κ1) is 9.90. The maximum atomic E-state index is 9.32. The molecule has 1 aliphatic heterocycles. The Kier molecular flexibility index (Phi) is 3.62. The molecule has 1 heterocycles. The summed E-state index contributed by atoms with van der Waals surface area (Å²) in [4.78, 5) is 1.97. The third kappa shape index (κ3) is 3.36. The third-order valence-corrected chi connectivity index (χ3v) is 1.91. The van der Waals surface area contributed by atoms with Crippen molar-refractivity contribution < 1.29 is 5.11 Å². The van der Waals surface area contributed by atoms with Gasteiger partial charge in [-0.2, -0.15) is 0 Å². The number of unbranched alkanes of at least 4 members (excludes halogenated alkanes) is 1. The largest absolute Gasteiger partial charge is 0.506 e. The fourth-order valence-electron chi connectivity index (χ4n) is 1.33. The van der Waals surface area contributed by atoms with Crippen LogP contribution in [-0.4, -0.2) is 23.6 Å². The number of hydrogen-bond acceptors (Lipinski definition) is 2. The van der Waals surface area contributed by atoms with E-state index in [4.69, 9.17) is 0 Å². The number of rotatable bonds is 3. The fourth-order valence-corrected chi connectivity index (χ4v) is 1.33. The lowest BCUT2D eigenvalue weighted by molar-refractivity contribution is 0.386. The second kappa shape index (κ2) is 4.75. The zero-order chi connectivity index (χ0) is 9.68. The molecule has 0 atom stereocenters. The minimum Gasteiger partial charge on any atom is -0.506 e. The van der Waals surface area contributed by atoms with E-state index >= 15 is 0 Å². The van der Waals surface area contributed by atoms with Gasteiger partial charge in [-0.1, -0.05) is 25.5 Å². The molecule has 0 bridgehead atoms. The maximum Gasteiger partial charge on any atom is 0.131 e. The zero-order valence-corrected chi connectivity index (χ0v) is 8.33. The molecule has 0 aromatic rings. The summed E-state index contributed by atoms with van der Waals surface area (Å²) in [6.45, 7) is 3.04. The Morgan fingerprint density at radius 3 is 3.00 bits per heavy atom. The molecule has 0 unspecified atom stereocenters. The highest BCUT2D eigenvalue weighted by molar-refractivity contribution is 5.31. The first-order chi connectivity index (χ1) is 6.22. The second-order valence-electron chi connectivity index (χ2n) is 3.38. The van der Waals surface area contributed by atoms with Crippen LogP contribution >= 0.6 is 0 Å². The molecule has 0 aliphatic carbocycles. The smallest absolute Gasteiger partial charge is 0.131 e. The van der Waals surface area contributed by atoms with Crippen molar-refractivity contribution in [3.05, 3.63) is 35.8 Å². The van der Waals surface area contributed by atoms with Gasteiger partial charge in [0.1, 0.15) is 5.76 Å². The first-order valence-electron chi connectivity index (χ1n) is 4.70. The van der Waals surface area contributed by atoms with E-state index in [0.29, 0.717) is 5.76 Å². The normalized spacial score (nSPS) is 17.5. The molecule has 0 fully saturated rings. The number of allylic oxidation sites excluding steroid dienone is 2. The highest BCUT2D eigenvalue weighted by Crippen LogP contribution is 2.11. The van der Waals surface area contributed by atoms with Crippen LogP contribution in [0.25, 0.3) is 0 Å². The number of aliphatic hydroxyl groups excluding tert-OH is 1. The molecule has 72 valence electrons. The Bertz CT molecular complexity index is 251. The van der Waals surface area contributed by atoms with E-state index in [1.165, 1.54) is 6.42 Å². The van der Waals surface area contributed by atoms with Gasteiger partial charge in [0.25, 0.3) is 0 Å². The van der Waals surface area contributed by atoms with Crippen LogP contribution < -0.4 is 0 Å². The molecule has 1 rings (SSSR count). The highest BCUT2D eigenvalue weighted by Gasteiger charge is 2.04. The molecule has 0 amide bonds. The summed E-state index contributed by atoms with van der Waals surface area (Å²) >= 11 is 0.